The molecule has 3 rings (SSSR count). The second-order valence-electron chi connectivity index (χ2n) is 7.17. The van der Waals surface area contributed by atoms with Crippen molar-refractivity contribution < 1.29 is 22.7 Å². The number of carbonyl (C=O) groups excluding carboxylic acids is 2. The first-order valence-electron chi connectivity index (χ1n) is 9.55. The fraction of sp³-hybridized carbons (Fsp3) is 0.333. The summed E-state index contributed by atoms with van der Waals surface area (Å²) in [5.41, 5.74) is 6.12. The Morgan fingerprint density at radius 1 is 1.10 bits per heavy atom. The van der Waals surface area contributed by atoms with Crippen LogP contribution in [0.3, 0.4) is 0 Å². The van der Waals surface area contributed by atoms with Gasteiger partial charge in [-0.15, -0.1) is 0 Å². The number of methoxy groups -OCH3 is 1. The zero-order valence-electron chi connectivity index (χ0n) is 16.9. The zero-order valence-corrected chi connectivity index (χ0v) is 17.8. The average Bonchev–Trinajstić information content (AvgIpc) is 2.78. The fourth-order valence-electron chi connectivity index (χ4n) is 3.43. The second kappa shape index (κ2) is 8.74. The number of carbonyl (C=O) groups is 2. The van der Waals surface area contributed by atoms with Gasteiger partial charge in [0.05, 0.1) is 17.7 Å². The number of nitrogens with two attached hydrogens (primary N) is 1. The van der Waals surface area contributed by atoms with E-state index in [1.54, 1.807) is 41.3 Å². The lowest BCUT2D eigenvalue weighted by Gasteiger charge is -2.30. The fourth-order valence-corrected chi connectivity index (χ4v) is 4.62. The summed E-state index contributed by atoms with van der Waals surface area (Å²) in [6.45, 7) is 0.882. The highest BCUT2D eigenvalue weighted by Crippen LogP contribution is 2.26. The lowest BCUT2D eigenvalue weighted by molar-refractivity contribution is -0.123. The lowest BCUT2D eigenvalue weighted by atomic mass is 9.96. The molecule has 2 aromatic rings. The van der Waals surface area contributed by atoms with Gasteiger partial charge in [0.1, 0.15) is 5.75 Å². The van der Waals surface area contributed by atoms with Crippen LogP contribution in [0.15, 0.2) is 53.4 Å². The molecule has 30 heavy (non-hydrogen) atoms. The van der Waals surface area contributed by atoms with E-state index in [0.29, 0.717) is 42.9 Å². The molecule has 1 fully saturated rings. The average molecular weight is 432 g/mol. The number of rotatable bonds is 6. The maximum Gasteiger partial charge on any atom is 0.264 e. The van der Waals surface area contributed by atoms with Gasteiger partial charge >= 0.3 is 0 Å². The highest BCUT2D eigenvalue weighted by Gasteiger charge is 2.27. The third-order valence-corrected chi connectivity index (χ3v) is 7.16. The predicted octanol–water partition coefficient (Wildman–Crippen LogP) is 1.86. The van der Waals surface area contributed by atoms with Gasteiger partial charge < -0.3 is 15.4 Å². The standard InChI is InChI=1S/C21H25N3O5S/c1-23(30(27,28)19-8-6-18(29-2)7-9-19)17-5-3-4-16(14-17)21(26)24-12-10-15(11-13-24)20(22)25/h3-9,14-15H,10-13H2,1-2H3,(H2,22,25). The molecule has 0 saturated carbocycles. The number of hydrogen-bond acceptors (Lipinski definition) is 5. The quantitative estimate of drug-likeness (QED) is 0.751. The van der Waals surface area contributed by atoms with Crippen molar-refractivity contribution in [2.24, 2.45) is 11.7 Å². The number of ether oxygens (including phenoxy) is 1. The minimum Gasteiger partial charge on any atom is -0.497 e. The number of benzene rings is 2. The third-order valence-electron chi connectivity index (χ3n) is 5.36. The molecule has 0 bridgehead atoms. The van der Waals surface area contributed by atoms with Crippen molar-refractivity contribution in [1.82, 2.24) is 4.90 Å². The van der Waals surface area contributed by atoms with Gasteiger partial charge in [0, 0.05) is 31.6 Å². The number of nitrogens with zero attached hydrogens (tertiary/aromatic N) is 2. The molecule has 1 aliphatic heterocycles. The number of amides is 2. The van der Waals surface area contributed by atoms with Gasteiger partial charge in [0.15, 0.2) is 0 Å². The topological polar surface area (TPSA) is 110 Å². The van der Waals surface area contributed by atoms with Gasteiger partial charge in [-0.05, 0) is 55.3 Å². The first-order chi connectivity index (χ1) is 14.2. The van der Waals surface area contributed by atoms with E-state index >= 15 is 0 Å². The predicted molar refractivity (Wildman–Crippen MR) is 113 cm³/mol. The molecule has 8 nitrogen and oxygen atoms in total. The van der Waals surface area contributed by atoms with Crippen LogP contribution < -0.4 is 14.8 Å². The van der Waals surface area contributed by atoms with E-state index in [9.17, 15) is 18.0 Å². The van der Waals surface area contributed by atoms with Gasteiger partial charge in [-0.1, -0.05) is 6.07 Å². The van der Waals surface area contributed by atoms with Crippen LogP contribution in [0.4, 0.5) is 5.69 Å². The Hall–Kier alpha value is -3.07. The zero-order chi connectivity index (χ0) is 21.9. The highest BCUT2D eigenvalue weighted by atomic mass is 32.2. The maximum absolute atomic E-state index is 13.0. The number of hydrogen-bond donors (Lipinski definition) is 1. The van der Waals surface area contributed by atoms with Crippen molar-refractivity contribution in [3.8, 4) is 5.75 Å². The maximum atomic E-state index is 13.0. The minimum absolute atomic E-state index is 0.121. The molecule has 2 aromatic carbocycles. The van der Waals surface area contributed by atoms with Crippen LogP contribution in [0.5, 0.6) is 5.75 Å². The van der Waals surface area contributed by atoms with Crippen molar-refractivity contribution in [1.29, 1.82) is 0 Å². The van der Waals surface area contributed by atoms with Gasteiger partial charge in [-0.2, -0.15) is 0 Å². The Labute approximate surface area is 176 Å². The Kier molecular flexibility index (Phi) is 6.31. The van der Waals surface area contributed by atoms with Gasteiger partial charge in [-0.3, -0.25) is 13.9 Å². The molecule has 2 amide bonds. The molecule has 0 aromatic heterocycles. The molecule has 1 aliphatic rings. The number of sulfonamides is 1. The lowest BCUT2D eigenvalue weighted by Crippen LogP contribution is -2.41. The van der Waals surface area contributed by atoms with Crippen LogP contribution in [-0.4, -0.2) is 52.4 Å². The molecule has 0 unspecified atom stereocenters. The van der Waals surface area contributed by atoms with Crippen LogP contribution in [-0.2, 0) is 14.8 Å². The minimum atomic E-state index is -3.80. The van der Waals surface area contributed by atoms with Gasteiger partial charge in [-0.25, -0.2) is 8.42 Å². The molecule has 1 saturated heterocycles. The molecule has 0 radical (unpaired) electrons. The normalized spacial score (nSPS) is 14.9. The van der Waals surface area contributed by atoms with E-state index in [0.717, 1.165) is 4.31 Å². The summed E-state index contributed by atoms with van der Waals surface area (Å²) in [6, 6.07) is 12.6. The first-order valence-corrected chi connectivity index (χ1v) is 11.0. The van der Waals surface area contributed by atoms with Crippen molar-refractivity contribution in [3.63, 3.8) is 0 Å². The molecule has 0 aliphatic carbocycles. The molecular weight excluding hydrogens is 406 g/mol. The summed E-state index contributed by atoms with van der Waals surface area (Å²) in [4.78, 5) is 26.0. The molecular formula is C21H25N3O5S. The van der Waals surface area contributed by atoms with E-state index in [1.165, 1.54) is 26.3 Å². The molecule has 0 atom stereocenters. The smallest absolute Gasteiger partial charge is 0.264 e. The Bertz CT molecular complexity index is 1030. The van der Waals surface area contributed by atoms with E-state index < -0.39 is 10.0 Å². The Morgan fingerprint density at radius 2 is 1.73 bits per heavy atom. The van der Waals surface area contributed by atoms with Crippen molar-refractivity contribution in [3.05, 3.63) is 54.1 Å². The van der Waals surface area contributed by atoms with Crippen LogP contribution in [0, 0.1) is 5.92 Å². The van der Waals surface area contributed by atoms with E-state index in [-0.39, 0.29) is 22.6 Å². The van der Waals surface area contributed by atoms with Crippen LogP contribution >= 0.6 is 0 Å². The monoisotopic (exact) mass is 431 g/mol. The van der Waals surface area contributed by atoms with Crippen molar-refractivity contribution >= 4 is 27.5 Å². The summed E-state index contributed by atoms with van der Waals surface area (Å²) < 4.78 is 32.1. The van der Waals surface area contributed by atoms with Crippen molar-refractivity contribution in [2.75, 3.05) is 31.6 Å². The summed E-state index contributed by atoms with van der Waals surface area (Å²) in [6.07, 6.45) is 1.07. The molecule has 160 valence electrons. The summed E-state index contributed by atoms with van der Waals surface area (Å²) in [5.74, 6) is -0.185. The van der Waals surface area contributed by atoms with E-state index in [4.69, 9.17) is 10.5 Å². The SMILES string of the molecule is COc1ccc(S(=O)(=O)N(C)c2cccc(C(=O)N3CCC(C(N)=O)CC3)c2)cc1. The second-order valence-corrected chi connectivity index (χ2v) is 9.14. The third kappa shape index (κ3) is 4.40. The first kappa shape index (κ1) is 21.6. The largest absolute Gasteiger partial charge is 0.497 e. The number of likely N-dealkylation sites (tertiary alicyclic amines) is 1. The van der Waals surface area contributed by atoms with Crippen molar-refractivity contribution in [2.45, 2.75) is 17.7 Å². The Morgan fingerprint density at radius 3 is 2.30 bits per heavy atom. The van der Waals surface area contributed by atoms with Crippen LogP contribution in [0.25, 0.3) is 0 Å². The van der Waals surface area contributed by atoms with Crippen LogP contribution in [0.1, 0.15) is 23.2 Å². The molecule has 0 spiro atoms. The summed E-state index contributed by atoms with van der Waals surface area (Å²) in [7, 11) is -0.845. The molecule has 9 heteroatoms. The summed E-state index contributed by atoms with van der Waals surface area (Å²) >= 11 is 0. The molecule has 2 N–H and O–H groups in total. The number of anilines is 1. The number of primary amides is 1. The Balaban J connectivity index is 1.78. The van der Waals surface area contributed by atoms with Gasteiger partial charge in [0.2, 0.25) is 5.91 Å². The number of piperidine rings is 1. The highest BCUT2D eigenvalue weighted by molar-refractivity contribution is 7.92. The van der Waals surface area contributed by atoms with E-state index in [2.05, 4.69) is 0 Å². The molecule has 1 heterocycles. The summed E-state index contributed by atoms with van der Waals surface area (Å²) in [5, 5.41) is 0. The van der Waals surface area contributed by atoms with Crippen LogP contribution in [0.2, 0.25) is 0 Å². The van der Waals surface area contributed by atoms with Gasteiger partial charge in [0.25, 0.3) is 15.9 Å². The van der Waals surface area contributed by atoms with E-state index in [1.807, 2.05) is 0 Å².